The van der Waals surface area contributed by atoms with E-state index in [1.165, 1.54) is 18.4 Å². The molecule has 0 unspecified atom stereocenters. The van der Waals surface area contributed by atoms with Crippen LogP contribution in [0.25, 0.3) is 0 Å². The lowest BCUT2D eigenvalue weighted by atomic mass is 9.97. The number of anilines is 1. The summed E-state index contributed by atoms with van der Waals surface area (Å²) in [5.74, 6) is -0.370. The topological polar surface area (TPSA) is 41.1 Å². The van der Waals surface area contributed by atoms with Crippen molar-refractivity contribution in [2.75, 3.05) is 18.4 Å². The molecule has 0 aromatic heterocycles. The van der Waals surface area contributed by atoms with Crippen molar-refractivity contribution in [2.24, 2.45) is 0 Å². The van der Waals surface area contributed by atoms with Crippen molar-refractivity contribution in [1.29, 1.82) is 0 Å². The lowest BCUT2D eigenvalue weighted by Gasteiger charge is -2.13. The van der Waals surface area contributed by atoms with Crippen LogP contribution in [-0.2, 0) is 11.0 Å². The first-order valence-electron chi connectivity index (χ1n) is 8.41. The van der Waals surface area contributed by atoms with Crippen molar-refractivity contribution in [3.63, 3.8) is 0 Å². The second-order valence-electron chi connectivity index (χ2n) is 6.10. The smallest absolute Gasteiger partial charge is 0.325 e. The molecule has 1 aliphatic rings. The van der Waals surface area contributed by atoms with Crippen molar-refractivity contribution in [2.45, 2.75) is 44.7 Å². The van der Waals surface area contributed by atoms with Crippen LogP contribution in [-0.4, -0.2) is 19.0 Å². The number of hydrogen-bond donors (Lipinski definition) is 2. The molecule has 2 N–H and O–H groups in total. The molecule has 25 heavy (non-hydrogen) atoms. The molecule has 0 radical (unpaired) electrons. The highest BCUT2D eigenvalue weighted by Crippen LogP contribution is 2.33. The molecule has 1 aromatic carbocycles. The Morgan fingerprint density at radius 3 is 2.68 bits per heavy atom. The molecule has 1 aliphatic carbocycles. The van der Waals surface area contributed by atoms with E-state index < -0.39 is 11.7 Å². The maximum atomic E-state index is 12.7. The van der Waals surface area contributed by atoms with Crippen LogP contribution in [0.3, 0.4) is 0 Å². The van der Waals surface area contributed by atoms with Crippen LogP contribution in [0.1, 0.15) is 44.1 Å². The minimum absolute atomic E-state index is 0.0196. The molecule has 0 heterocycles. The van der Waals surface area contributed by atoms with Crippen molar-refractivity contribution >= 4 is 23.2 Å². The van der Waals surface area contributed by atoms with E-state index in [4.69, 9.17) is 11.6 Å². The normalized spacial score (nSPS) is 15.0. The van der Waals surface area contributed by atoms with Gasteiger partial charge in [0.15, 0.2) is 0 Å². The minimum Gasteiger partial charge on any atom is -0.325 e. The molecule has 1 aromatic rings. The first-order valence-corrected chi connectivity index (χ1v) is 8.79. The average Bonchev–Trinajstić information content (AvgIpc) is 2.56. The number of carbonyl (C=O) groups is 1. The fraction of sp³-hybridized carbons (Fsp3) is 0.500. The molecular weight excluding hydrogens is 353 g/mol. The Morgan fingerprint density at radius 1 is 1.20 bits per heavy atom. The van der Waals surface area contributed by atoms with Crippen molar-refractivity contribution in [3.05, 3.63) is 40.4 Å². The van der Waals surface area contributed by atoms with Gasteiger partial charge in [0.2, 0.25) is 5.91 Å². The molecule has 0 saturated carbocycles. The van der Waals surface area contributed by atoms with Gasteiger partial charge in [0, 0.05) is 13.0 Å². The summed E-state index contributed by atoms with van der Waals surface area (Å²) in [6, 6.07) is 2.87. The first-order chi connectivity index (χ1) is 11.9. The zero-order valence-corrected chi connectivity index (χ0v) is 14.6. The Kier molecular flexibility index (Phi) is 7.32. The van der Waals surface area contributed by atoms with Crippen LogP contribution in [0.4, 0.5) is 18.9 Å². The van der Waals surface area contributed by atoms with E-state index >= 15 is 0 Å². The van der Waals surface area contributed by atoms with Gasteiger partial charge >= 0.3 is 6.18 Å². The third-order valence-corrected chi connectivity index (χ3v) is 4.43. The maximum absolute atomic E-state index is 12.7. The van der Waals surface area contributed by atoms with Crippen LogP contribution >= 0.6 is 11.6 Å². The van der Waals surface area contributed by atoms with Gasteiger partial charge in [-0.3, -0.25) is 4.79 Å². The Bertz CT molecular complexity index is 629. The van der Waals surface area contributed by atoms with Gasteiger partial charge in [0.25, 0.3) is 0 Å². The van der Waals surface area contributed by atoms with E-state index in [0.29, 0.717) is 6.54 Å². The molecular formula is C18H22ClF3N2O. The maximum Gasteiger partial charge on any atom is 0.416 e. The average molecular weight is 375 g/mol. The number of alkyl halides is 3. The SMILES string of the molecule is O=C(CCNCCC1=CCCCC1)Nc1cc(C(F)(F)F)ccc1Cl. The second-order valence-corrected chi connectivity index (χ2v) is 6.51. The number of rotatable bonds is 7. The molecule has 138 valence electrons. The number of benzene rings is 1. The highest BCUT2D eigenvalue weighted by Gasteiger charge is 2.31. The summed E-state index contributed by atoms with van der Waals surface area (Å²) in [6.07, 6.45) is 3.76. The molecule has 0 bridgehead atoms. The Morgan fingerprint density at radius 2 is 2.00 bits per heavy atom. The predicted molar refractivity (Wildman–Crippen MR) is 93.7 cm³/mol. The molecule has 2 rings (SSSR count). The number of nitrogens with one attached hydrogen (secondary N) is 2. The first kappa shape index (κ1) is 19.8. The Balaban J connectivity index is 1.74. The van der Waals surface area contributed by atoms with Gasteiger partial charge in [-0.15, -0.1) is 0 Å². The largest absolute Gasteiger partial charge is 0.416 e. The summed E-state index contributed by atoms with van der Waals surface area (Å²) in [6.45, 7) is 1.26. The van der Waals surface area contributed by atoms with Gasteiger partial charge in [-0.25, -0.2) is 0 Å². The highest BCUT2D eigenvalue weighted by molar-refractivity contribution is 6.33. The summed E-state index contributed by atoms with van der Waals surface area (Å²) < 4.78 is 38.1. The lowest BCUT2D eigenvalue weighted by molar-refractivity contribution is -0.137. The summed E-state index contributed by atoms with van der Waals surface area (Å²) in [7, 11) is 0. The van der Waals surface area contributed by atoms with Gasteiger partial charge in [-0.05, 0) is 56.8 Å². The van der Waals surface area contributed by atoms with E-state index in [1.807, 2.05) is 0 Å². The van der Waals surface area contributed by atoms with E-state index in [1.54, 1.807) is 0 Å². The molecule has 0 spiro atoms. The highest BCUT2D eigenvalue weighted by atomic mass is 35.5. The number of hydrogen-bond acceptors (Lipinski definition) is 2. The van der Waals surface area contributed by atoms with E-state index in [2.05, 4.69) is 16.7 Å². The van der Waals surface area contributed by atoms with Crippen LogP contribution < -0.4 is 10.6 Å². The van der Waals surface area contributed by atoms with Crippen molar-refractivity contribution in [1.82, 2.24) is 5.32 Å². The zero-order valence-electron chi connectivity index (χ0n) is 13.9. The van der Waals surface area contributed by atoms with Gasteiger partial charge in [0.1, 0.15) is 0 Å². The van der Waals surface area contributed by atoms with E-state index in [-0.39, 0.29) is 23.0 Å². The number of halogens is 4. The fourth-order valence-corrected chi connectivity index (χ4v) is 2.88. The summed E-state index contributed by atoms with van der Waals surface area (Å²) in [5.41, 5.74) is 0.596. The summed E-state index contributed by atoms with van der Waals surface area (Å²) >= 11 is 5.86. The molecule has 0 atom stereocenters. The molecule has 0 fully saturated rings. The zero-order chi connectivity index (χ0) is 18.3. The second kappa shape index (κ2) is 9.25. The Labute approximate surface area is 150 Å². The quantitative estimate of drug-likeness (QED) is 0.510. The van der Waals surface area contributed by atoms with Crippen LogP contribution in [0.15, 0.2) is 29.8 Å². The van der Waals surface area contributed by atoms with Crippen molar-refractivity contribution in [3.8, 4) is 0 Å². The minimum atomic E-state index is -4.47. The van der Waals surface area contributed by atoms with Crippen LogP contribution in [0.5, 0.6) is 0 Å². The summed E-state index contributed by atoms with van der Waals surface area (Å²) in [4.78, 5) is 11.9. The fourth-order valence-electron chi connectivity index (χ4n) is 2.72. The van der Waals surface area contributed by atoms with Gasteiger partial charge in [0.05, 0.1) is 16.3 Å². The number of carbonyl (C=O) groups excluding carboxylic acids is 1. The molecule has 1 amide bonds. The third kappa shape index (κ3) is 6.71. The molecule has 0 saturated heterocycles. The van der Waals surface area contributed by atoms with Gasteiger partial charge < -0.3 is 10.6 Å². The predicted octanol–water partition coefficient (Wildman–Crippen LogP) is 5.17. The number of amides is 1. The van der Waals surface area contributed by atoms with Gasteiger partial charge in [-0.2, -0.15) is 13.2 Å². The van der Waals surface area contributed by atoms with E-state index in [9.17, 15) is 18.0 Å². The monoisotopic (exact) mass is 374 g/mol. The lowest BCUT2D eigenvalue weighted by Crippen LogP contribution is -2.23. The van der Waals surface area contributed by atoms with Gasteiger partial charge in [-0.1, -0.05) is 23.3 Å². The summed E-state index contributed by atoms with van der Waals surface area (Å²) in [5, 5.41) is 5.71. The van der Waals surface area contributed by atoms with Crippen LogP contribution in [0, 0.1) is 0 Å². The molecule has 7 heteroatoms. The van der Waals surface area contributed by atoms with E-state index in [0.717, 1.165) is 44.0 Å². The third-order valence-electron chi connectivity index (χ3n) is 4.10. The molecule has 0 aliphatic heterocycles. The Hall–Kier alpha value is -1.53. The molecule has 3 nitrogen and oxygen atoms in total. The van der Waals surface area contributed by atoms with Crippen LogP contribution in [0.2, 0.25) is 5.02 Å². The standard InChI is InChI=1S/C18H22ClF3N2O/c19-15-7-6-14(18(20,21)22)12-16(15)24-17(25)9-11-23-10-8-13-4-2-1-3-5-13/h4,6-7,12,23H,1-3,5,8-11H2,(H,24,25). The van der Waals surface area contributed by atoms with Crippen molar-refractivity contribution < 1.29 is 18.0 Å². The number of allylic oxidation sites excluding steroid dienone is 1.